The van der Waals surface area contributed by atoms with Crippen LogP contribution in [0.3, 0.4) is 0 Å². The highest BCUT2D eigenvalue weighted by atomic mass is 79.9. The van der Waals surface area contributed by atoms with E-state index in [0.29, 0.717) is 36.1 Å². The lowest BCUT2D eigenvalue weighted by atomic mass is 9.94. The maximum Gasteiger partial charge on any atom is 0.261 e. The van der Waals surface area contributed by atoms with Gasteiger partial charge >= 0.3 is 0 Å². The molecule has 4 nitrogen and oxygen atoms in total. The molecule has 2 unspecified atom stereocenters. The van der Waals surface area contributed by atoms with Crippen molar-refractivity contribution in [3.8, 4) is 0 Å². The number of benzene rings is 2. The molecule has 2 aromatic rings. The number of carbonyl (C=O) groups excluding carboxylic acids is 2. The van der Waals surface area contributed by atoms with E-state index in [1.807, 2.05) is 34.1 Å². The Bertz CT molecular complexity index is 1290. The Morgan fingerprint density at radius 1 is 0.479 bits per heavy atom. The molecule has 48 heavy (non-hydrogen) atoms. The number of halogens is 2. The molecule has 262 valence electrons. The number of hydrogen-bond acceptors (Lipinski definition) is 2. The van der Waals surface area contributed by atoms with Crippen LogP contribution in [0.5, 0.6) is 0 Å². The van der Waals surface area contributed by atoms with E-state index in [2.05, 4.69) is 83.8 Å². The lowest BCUT2D eigenvalue weighted by Gasteiger charge is -2.30. The maximum atomic E-state index is 14.9. The van der Waals surface area contributed by atoms with Gasteiger partial charge in [0.25, 0.3) is 11.8 Å². The van der Waals surface area contributed by atoms with Crippen molar-refractivity contribution in [2.45, 2.75) is 130 Å². The summed E-state index contributed by atoms with van der Waals surface area (Å²) in [6.07, 6.45) is 18.8. The van der Waals surface area contributed by atoms with Gasteiger partial charge in [-0.3, -0.25) is 9.59 Å². The number of fused-ring (bicyclic) bond motifs is 1. The summed E-state index contributed by atoms with van der Waals surface area (Å²) in [6, 6.07) is 16.3. The molecule has 0 fully saturated rings. The zero-order chi connectivity index (χ0) is 34.5. The van der Waals surface area contributed by atoms with E-state index in [-0.39, 0.29) is 11.8 Å². The molecular formula is C42H58Br2N2O2. The highest BCUT2D eigenvalue weighted by Gasteiger charge is 2.49. The van der Waals surface area contributed by atoms with E-state index in [9.17, 15) is 9.59 Å². The van der Waals surface area contributed by atoms with E-state index in [0.717, 1.165) is 82.8 Å². The van der Waals surface area contributed by atoms with Gasteiger partial charge in [0, 0.05) is 22.0 Å². The van der Waals surface area contributed by atoms with Gasteiger partial charge in [-0.15, -0.1) is 0 Å². The Morgan fingerprint density at radius 2 is 0.812 bits per heavy atom. The van der Waals surface area contributed by atoms with Gasteiger partial charge in [0.1, 0.15) is 0 Å². The minimum Gasteiger partial charge on any atom is -0.307 e. The molecule has 0 saturated carbocycles. The molecule has 2 atom stereocenters. The third-order valence-corrected chi connectivity index (χ3v) is 11.2. The maximum absolute atomic E-state index is 14.9. The Morgan fingerprint density at radius 3 is 1.15 bits per heavy atom. The first-order valence-electron chi connectivity index (χ1n) is 19.0. The van der Waals surface area contributed by atoms with Crippen molar-refractivity contribution in [1.29, 1.82) is 0 Å². The zero-order valence-electron chi connectivity index (χ0n) is 30.0. The largest absolute Gasteiger partial charge is 0.307 e. The predicted octanol–water partition coefficient (Wildman–Crippen LogP) is 12.6. The van der Waals surface area contributed by atoms with Gasteiger partial charge in [0.2, 0.25) is 0 Å². The van der Waals surface area contributed by atoms with Crippen LogP contribution >= 0.6 is 31.9 Å². The first-order chi connectivity index (χ1) is 23.3. The number of amides is 2. The van der Waals surface area contributed by atoms with E-state index < -0.39 is 0 Å². The molecule has 2 aromatic carbocycles. The van der Waals surface area contributed by atoms with Crippen molar-refractivity contribution in [3.05, 3.63) is 79.7 Å². The van der Waals surface area contributed by atoms with Crippen LogP contribution in [0.2, 0.25) is 0 Å². The first-order valence-corrected chi connectivity index (χ1v) is 20.6. The predicted molar refractivity (Wildman–Crippen MR) is 209 cm³/mol. The fourth-order valence-corrected chi connectivity index (χ4v) is 7.96. The topological polar surface area (TPSA) is 40.6 Å². The van der Waals surface area contributed by atoms with Crippen molar-refractivity contribution in [2.24, 2.45) is 11.8 Å². The van der Waals surface area contributed by atoms with Crippen LogP contribution in [0.4, 0.5) is 0 Å². The Labute approximate surface area is 308 Å². The van der Waals surface area contributed by atoms with Gasteiger partial charge < -0.3 is 9.80 Å². The molecule has 6 heteroatoms. The lowest BCUT2D eigenvalue weighted by Crippen LogP contribution is -2.35. The second-order valence-electron chi connectivity index (χ2n) is 14.0. The highest BCUT2D eigenvalue weighted by molar-refractivity contribution is 9.10. The van der Waals surface area contributed by atoms with Gasteiger partial charge in [-0.25, -0.2) is 0 Å². The number of hydrogen-bond donors (Lipinski definition) is 0. The minimum atomic E-state index is -0.0141. The molecule has 0 aromatic heterocycles. The van der Waals surface area contributed by atoms with Crippen LogP contribution in [0.25, 0.3) is 11.4 Å². The number of carbonyl (C=O) groups is 2. The molecule has 0 saturated heterocycles. The van der Waals surface area contributed by atoms with Gasteiger partial charge in [-0.2, -0.15) is 0 Å². The first kappa shape index (κ1) is 38.6. The number of unbranched alkanes of at least 4 members (excludes halogenated alkanes) is 8. The molecule has 0 radical (unpaired) electrons. The van der Waals surface area contributed by atoms with Gasteiger partial charge in [0.15, 0.2) is 0 Å². The lowest BCUT2D eigenvalue weighted by molar-refractivity contribution is -0.124. The van der Waals surface area contributed by atoms with Crippen LogP contribution in [-0.2, 0) is 9.59 Å². The second kappa shape index (κ2) is 19.9. The van der Waals surface area contributed by atoms with Gasteiger partial charge in [-0.1, -0.05) is 161 Å². The van der Waals surface area contributed by atoms with E-state index in [1.54, 1.807) is 0 Å². The van der Waals surface area contributed by atoms with Crippen LogP contribution in [0, 0.1) is 11.8 Å². The SMILES string of the molecule is CCCCCCC(CCCC)CN1C(=O)C2=C(c3ccc(Br)cc3)N(CC(CCCC)CCCCCC)C(=O)C2=C1c1ccc(Br)cc1. The van der Waals surface area contributed by atoms with Crippen molar-refractivity contribution in [1.82, 2.24) is 9.80 Å². The fraction of sp³-hybridized carbons (Fsp3) is 0.571. The summed E-state index contributed by atoms with van der Waals surface area (Å²) in [5.74, 6) is 0.778. The second-order valence-corrected chi connectivity index (χ2v) is 15.8. The minimum absolute atomic E-state index is 0.0141. The van der Waals surface area contributed by atoms with Gasteiger partial charge in [-0.05, 0) is 72.9 Å². The molecule has 0 aliphatic carbocycles. The summed E-state index contributed by atoms with van der Waals surface area (Å²) < 4.78 is 1.97. The van der Waals surface area contributed by atoms with Crippen molar-refractivity contribution in [2.75, 3.05) is 13.1 Å². The van der Waals surface area contributed by atoms with Crippen LogP contribution < -0.4 is 0 Å². The van der Waals surface area contributed by atoms with Gasteiger partial charge in [0.05, 0.1) is 22.5 Å². The summed E-state index contributed by atoms with van der Waals surface area (Å²) in [7, 11) is 0. The standard InChI is InChI=1S/C42H58Br2N2O2/c1-5-9-13-15-19-31(17-11-7-3)29-45-39(33-21-25-35(43)26-22-33)37-38(41(45)47)40(34-23-27-36(44)28-24-34)46(42(37)48)30-32(18-12-8-4)20-16-14-10-6-2/h21-28,31-32H,5-20,29-30H2,1-4H3. The number of nitrogens with zero attached hydrogens (tertiary/aromatic N) is 2. The third-order valence-electron chi connectivity index (χ3n) is 10.2. The van der Waals surface area contributed by atoms with E-state index in [1.165, 1.54) is 51.4 Å². The average Bonchev–Trinajstić information content (AvgIpc) is 3.52. The fourth-order valence-electron chi connectivity index (χ4n) is 7.44. The molecule has 2 heterocycles. The molecule has 0 N–H and O–H groups in total. The quantitative estimate of drug-likeness (QED) is 0.112. The molecular weight excluding hydrogens is 724 g/mol. The molecule has 0 spiro atoms. The van der Waals surface area contributed by atoms with Crippen molar-refractivity contribution < 1.29 is 9.59 Å². The third kappa shape index (κ3) is 9.96. The molecule has 2 aliphatic rings. The van der Waals surface area contributed by atoms with Crippen molar-refractivity contribution >= 4 is 55.1 Å². The Kier molecular flexibility index (Phi) is 16.0. The molecule has 2 aliphatic heterocycles. The smallest absolute Gasteiger partial charge is 0.261 e. The summed E-state index contributed by atoms with van der Waals surface area (Å²) in [4.78, 5) is 33.8. The Hall–Kier alpha value is -2.18. The molecule has 4 rings (SSSR count). The molecule has 2 amide bonds. The monoisotopic (exact) mass is 780 g/mol. The molecule has 0 bridgehead atoms. The van der Waals surface area contributed by atoms with Crippen molar-refractivity contribution in [3.63, 3.8) is 0 Å². The summed E-state index contributed by atoms with van der Waals surface area (Å²) >= 11 is 7.22. The van der Waals surface area contributed by atoms with E-state index in [4.69, 9.17) is 0 Å². The van der Waals surface area contributed by atoms with Crippen LogP contribution in [0.15, 0.2) is 68.6 Å². The summed E-state index contributed by atoms with van der Waals surface area (Å²) in [6.45, 7) is 10.3. The zero-order valence-corrected chi connectivity index (χ0v) is 33.1. The van der Waals surface area contributed by atoms with Crippen LogP contribution in [0.1, 0.15) is 142 Å². The average molecular weight is 783 g/mol. The van der Waals surface area contributed by atoms with Crippen LogP contribution in [-0.4, -0.2) is 34.7 Å². The number of rotatable bonds is 22. The highest BCUT2D eigenvalue weighted by Crippen LogP contribution is 2.48. The van der Waals surface area contributed by atoms with E-state index >= 15 is 0 Å². The normalized spacial score (nSPS) is 16.0. The Balaban J connectivity index is 1.81. The summed E-state index contributed by atoms with van der Waals surface area (Å²) in [5.41, 5.74) is 4.66. The summed E-state index contributed by atoms with van der Waals surface area (Å²) in [5, 5.41) is 0.